The van der Waals surface area contributed by atoms with E-state index in [2.05, 4.69) is 10.3 Å². The van der Waals surface area contributed by atoms with Crippen molar-refractivity contribution in [2.75, 3.05) is 25.5 Å². The number of nitrogens with one attached hydrogen (secondary N) is 1. The highest BCUT2D eigenvalue weighted by Crippen LogP contribution is 2.14. The summed E-state index contributed by atoms with van der Waals surface area (Å²) >= 11 is 1.64. The van der Waals surface area contributed by atoms with Gasteiger partial charge in [0.1, 0.15) is 6.26 Å². The second kappa shape index (κ2) is 6.15. The summed E-state index contributed by atoms with van der Waals surface area (Å²) in [6.07, 6.45) is 5.54. The number of hydrogen-bond acceptors (Lipinski definition) is 5. The minimum atomic E-state index is 0.629. The second-order valence-corrected chi connectivity index (χ2v) is 4.53. The molecule has 1 aliphatic heterocycles. The van der Waals surface area contributed by atoms with E-state index in [1.165, 1.54) is 0 Å². The number of aromatic nitrogens is 1. The first kappa shape index (κ1) is 11.0. The van der Waals surface area contributed by atoms with Crippen LogP contribution in [0, 0.1) is 0 Å². The molecule has 1 aliphatic rings. The van der Waals surface area contributed by atoms with E-state index in [1.807, 2.05) is 0 Å². The highest BCUT2D eigenvalue weighted by Gasteiger charge is 2.12. The van der Waals surface area contributed by atoms with Crippen LogP contribution in [0.4, 0.5) is 0 Å². The van der Waals surface area contributed by atoms with Crippen molar-refractivity contribution in [2.24, 2.45) is 0 Å². The first-order valence-electron chi connectivity index (χ1n) is 5.28. The van der Waals surface area contributed by atoms with Crippen LogP contribution in [-0.4, -0.2) is 36.5 Å². The molecular weight excluding hydrogens is 212 g/mol. The molecule has 0 aromatic carbocycles. The molecule has 0 bridgehead atoms. The van der Waals surface area contributed by atoms with Crippen LogP contribution in [-0.2, 0) is 4.74 Å². The van der Waals surface area contributed by atoms with E-state index in [1.54, 1.807) is 24.2 Å². The summed E-state index contributed by atoms with van der Waals surface area (Å²) in [7, 11) is 0. The van der Waals surface area contributed by atoms with Gasteiger partial charge in [-0.1, -0.05) is 11.8 Å². The molecule has 1 saturated heterocycles. The van der Waals surface area contributed by atoms with Gasteiger partial charge in [-0.15, -0.1) is 0 Å². The number of hydrogen-bond donors (Lipinski definition) is 1. The predicted octanol–water partition coefficient (Wildman–Crippen LogP) is 1.54. The van der Waals surface area contributed by atoms with E-state index in [4.69, 9.17) is 9.15 Å². The van der Waals surface area contributed by atoms with Crippen molar-refractivity contribution >= 4 is 11.8 Å². The molecule has 15 heavy (non-hydrogen) atoms. The van der Waals surface area contributed by atoms with Crippen LogP contribution in [0.3, 0.4) is 0 Å². The van der Waals surface area contributed by atoms with E-state index >= 15 is 0 Å². The zero-order valence-electron chi connectivity index (χ0n) is 8.65. The average Bonchev–Trinajstić information content (AvgIpc) is 2.79. The van der Waals surface area contributed by atoms with Gasteiger partial charge in [-0.3, -0.25) is 0 Å². The van der Waals surface area contributed by atoms with Gasteiger partial charge in [0, 0.05) is 31.6 Å². The molecule has 1 aromatic rings. The lowest BCUT2D eigenvalue weighted by molar-refractivity contribution is 0.0786. The summed E-state index contributed by atoms with van der Waals surface area (Å²) < 4.78 is 10.4. The van der Waals surface area contributed by atoms with Crippen molar-refractivity contribution in [1.82, 2.24) is 10.3 Å². The maximum Gasteiger partial charge on any atom is 0.255 e. The zero-order valence-corrected chi connectivity index (χ0v) is 9.46. The Kier molecular flexibility index (Phi) is 4.50. The molecule has 0 radical (unpaired) electrons. The molecule has 0 aliphatic carbocycles. The van der Waals surface area contributed by atoms with E-state index < -0.39 is 0 Å². The fourth-order valence-electron chi connectivity index (χ4n) is 1.58. The fourth-order valence-corrected chi connectivity index (χ4v) is 2.24. The van der Waals surface area contributed by atoms with E-state index in [-0.39, 0.29) is 0 Å². The second-order valence-electron chi connectivity index (χ2n) is 3.49. The van der Waals surface area contributed by atoms with Gasteiger partial charge >= 0.3 is 0 Å². The Labute approximate surface area is 93.8 Å². The lowest BCUT2D eigenvalue weighted by Gasteiger charge is -2.22. The summed E-state index contributed by atoms with van der Waals surface area (Å²) in [4.78, 5) is 4.05. The molecule has 1 fully saturated rings. The molecule has 0 spiro atoms. The van der Waals surface area contributed by atoms with Gasteiger partial charge in [0.15, 0.2) is 0 Å². The molecule has 4 nitrogen and oxygen atoms in total. The Balaban J connectivity index is 1.54. The molecule has 0 saturated carbocycles. The molecule has 0 amide bonds. The summed E-state index contributed by atoms with van der Waals surface area (Å²) in [5.74, 6) is 0.998. The number of rotatable bonds is 5. The van der Waals surface area contributed by atoms with Gasteiger partial charge in [-0.25, -0.2) is 4.98 Å². The van der Waals surface area contributed by atoms with E-state index in [0.29, 0.717) is 6.04 Å². The third-order valence-electron chi connectivity index (χ3n) is 2.39. The third kappa shape index (κ3) is 3.85. The van der Waals surface area contributed by atoms with Gasteiger partial charge < -0.3 is 14.5 Å². The SMILES string of the molecule is c1coc(SCCNC2CCOCC2)n1. The largest absolute Gasteiger partial charge is 0.440 e. The fraction of sp³-hybridized carbons (Fsp3) is 0.700. The average molecular weight is 228 g/mol. The van der Waals surface area contributed by atoms with Crippen molar-refractivity contribution in [3.63, 3.8) is 0 Å². The number of oxazole rings is 1. The van der Waals surface area contributed by atoms with E-state index in [0.717, 1.165) is 43.6 Å². The van der Waals surface area contributed by atoms with Gasteiger partial charge in [0.05, 0.1) is 6.20 Å². The van der Waals surface area contributed by atoms with Crippen LogP contribution in [0.2, 0.25) is 0 Å². The molecule has 5 heteroatoms. The summed E-state index contributed by atoms with van der Waals surface area (Å²) in [6, 6.07) is 0.629. The van der Waals surface area contributed by atoms with Crippen molar-refractivity contribution in [2.45, 2.75) is 24.1 Å². The van der Waals surface area contributed by atoms with Gasteiger partial charge in [0.25, 0.3) is 5.22 Å². The van der Waals surface area contributed by atoms with Crippen LogP contribution in [0.25, 0.3) is 0 Å². The van der Waals surface area contributed by atoms with Crippen LogP contribution in [0.5, 0.6) is 0 Å². The number of nitrogens with zero attached hydrogens (tertiary/aromatic N) is 1. The molecule has 0 unspecified atom stereocenters. The van der Waals surface area contributed by atoms with Crippen molar-refractivity contribution < 1.29 is 9.15 Å². The molecular formula is C10H16N2O2S. The molecule has 2 rings (SSSR count). The van der Waals surface area contributed by atoms with Crippen molar-refractivity contribution in [1.29, 1.82) is 0 Å². The summed E-state index contributed by atoms with van der Waals surface area (Å²) in [5, 5.41) is 4.27. The predicted molar refractivity (Wildman–Crippen MR) is 59.1 cm³/mol. The number of ether oxygens (including phenoxy) is 1. The topological polar surface area (TPSA) is 47.3 Å². The van der Waals surface area contributed by atoms with Gasteiger partial charge in [-0.2, -0.15) is 0 Å². The van der Waals surface area contributed by atoms with Crippen LogP contribution >= 0.6 is 11.8 Å². The summed E-state index contributed by atoms with van der Waals surface area (Å²) in [6.45, 7) is 2.78. The first-order chi connectivity index (χ1) is 7.45. The summed E-state index contributed by atoms with van der Waals surface area (Å²) in [5.41, 5.74) is 0. The third-order valence-corrected chi connectivity index (χ3v) is 3.25. The lowest BCUT2D eigenvalue weighted by Crippen LogP contribution is -2.35. The normalized spacial score (nSPS) is 18.1. The first-order valence-corrected chi connectivity index (χ1v) is 6.27. The monoisotopic (exact) mass is 228 g/mol. The Morgan fingerprint density at radius 2 is 2.33 bits per heavy atom. The van der Waals surface area contributed by atoms with Crippen LogP contribution in [0.15, 0.2) is 22.1 Å². The molecule has 0 atom stereocenters. The van der Waals surface area contributed by atoms with Gasteiger partial charge in [-0.05, 0) is 12.8 Å². The molecule has 84 valence electrons. The smallest absolute Gasteiger partial charge is 0.255 e. The minimum Gasteiger partial charge on any atom is -0.440 e. The maximum atomic E-state index is 5.29. The Hall–Kier alpha value is -0.520. The zero-order chi connectivity index (χ0) is 10.3. The van der Waals surface area contributed by atoms with Crippen molar-refractivity contribution in [3.8, 4) is 0 Å². The van der Waals surface area contributed by atoms with Crippen LogP contribution in [0.1, 0.15) is 12.8 Å². The lowest BCUT2D eigenvalue weighted by atomic mass is 10.1. The Morgan fingerprint density at radius 3 is 3.07 bits per heavy atom. The van der Waals surface area contributed by atoms with Gasteiger partial charge in [0.2, 0.25) is 0 Å². The minimum absolute atomic E-state index is 0.629. The molecule has 1 N–H and O–H groups in total. The van der Waals surface area contributed by atoms with Crippen LogP contribution < -0.4 is 5.32 Å². The van der Waals surface area contributed by atoms with Crippen molar-refractivity contribution in [3.05, 3.63) is 12.5 Å². The highest BCUT2D eigenvalue weighted by molar-refractivity contribution is 7.99. The Bertz CT molecular complexity index is 260. The Morgan fingerprint density at radius 1 is 1.47 bits per heavy atom. The standard InChI is InChI=1S/C10H16N2O2S/c1-5-13-6-2-9(1)11-4-8-15-10-12-3-7-14-10/h3,7,9,11H,1-2,4-6,8H2. The van der Waals surface area contributed by atoms with E-state index in [9.17, 15) is 0 Å². The quantitative estimate of drug-likeness (QED) is 0.612. The maximum absolute atomic E-state index is 5.29. The molecule has 2 heterocycles. The highest BCUT2D eigenvalue weighted by atomic mass is 32.2. The molecule has 1 aromatic heterocycles. The number of thioether (sulfide) groups is 1.